The van der Waals surface area contributed by atoms with Gasteiger partial charge in [-0.2, -0.15) is 17.7 Å². The lowest BCUT2D eigenvalue weighted by Crippen LogP contribution is -2.13. The molecule has 1 aliphatic heterocycles. The van der Waals surface area contributed by atoms with E-state index in [-0.39, 0.29) is 11.5 Å². The summed E-state index contributed by atoms with van der Waals surface area (Å²) >= 11 is 0. The third kappa shape index (κ3) is 2.61. The van der Waals surface area contributed by atoms with Crippen LogP contribution >= 0.6 is 0 Å². The molecule has 0 saturated carbocycles. The number of rotatable bonds is 2. The lowest BCUT2D eigenvalue weighted by molar-refractivity contribution is -0.146. The zero-order valence-electron chi connectivity index (χ0n) is 12.4. The summed E-state index contributed by atoms with van der Waals surface area (Å²) in [4.78, 5) is 0. The van der Waals surface area contributed by atoms with Crippen LogP contribution in [0.4, 0.5) is 30.4 Å². The summed E-state index contributed by atoms with van der Waals surface area (Å²) in [6, 6.07) is 8.80. The van der Waals surface area contributed by atoms with Crippen LogP contribution in [0.1, 0.15) is 17.8 Å². The van der Waals surface area contributed by atoms with E-state index in [1.165, 1.54) is 11.6 Å². The van der Waals surface area contributed by atoms with Gasteiger partial charge in [0.25, 0.3) is 5.82 Å². The van der Waals surface area contributed by atoms with Crippen LogP contribution in [-0.2, 0) is 12.6 Å². The van der Waals surface area contributed by atoms with Crippen LogP contribution in [0, 0.1) is 0 Å². The summed E-state index contributed by atoms with van der Waals surface area (Å²) < 4.78 is 39.4. The molecule has 2 aromatic heterocycles. The molecule has 0 saturated heterocycles. The number of hydrogen-bond acceptors (Lipinski definition) is 5. The van der Waals surface area contributed by atoms with Gasteiger partial charge in [0.15, 0.2) is 11.5 Å². The Morgan fingerprint density at radius 3 is 2.83 bits per heavy atom. The van der Waals surface area contributed by atoms with E-state index in [1.807, 2.05) is 18.2 Å². The van der Waals surface area contributed by atoms with Gasteiger partial charge in [0.1, 0.15) is 0 Å². The smallest absolute Gasteiger partial charge is 0.385 e. The second-order valence-corrected chi connectivity index (χ2v) is 5.54. The van der Waals surface area contributed by atoms with Crippen LogP contribution in [0.25, 0.3) is 5.65 Å². The first-order valence-corrected chi connectivity index (χ1v) is 7.44. The van der Waals surface area contributed by atoms with Crippen molar-refractivity contribution < 1.29 is 13.2 Å². The molecule has 6 nitrogen and oxygen atoms in total. The monoisotopic (exact) mass is 334 g/mol. The third-order valence-electron chi connectivity index (χ3n) is 3.83. The summed E-state index contributed by atoms with van der Waals surface area (Å²) in [5.41, 5.74) is 3.08. The van der Waals surface area contributed by atoms with Crippen molar-refractivity contribution in [1.82, 2.24) is 19.8 Å². The number of nitrogens with one attached hydrogen (secondary N) is 2. The number of fused-ring (bicyclic) bond motifs is 2. The number of alkyl halides is 3. The lowest BCUT2D eigenvalue weighted by Gasteiger charge is -2.19. The Balaban J connectivity index is 1.67. The maximum atomic E-state index is 12.9. The minimum atomic E-state index is -4.61. The standard InChI is InChI=1S/C15H13F3N6/c16-15(17,18)14-22-21-13-6-5-12(23-24(13)14)20-10-3-4-11-9(8-10)2-1-7-19-11/h3-6,8,19H,1-2,7H2,(H,20,23). The maximum absolute atomic E-state index is 12.9. The van der Waals surface area contributed by atoms with Gasteiger partial charge < -0.3 is 10.6 Å². The maximum Gasteiger partial charge on any atom is 0.453 e. The summed E-state index contributed by atoms with van der Waals surface area (Å²) in [6.45, 7) is 0.950. The summed E-state index contributed by atoms with van der Waals surface area (Å²) in [5, 5.41) is 16.9. The Morgan fingerprint density at radius 1 is 1.12 bits per heavy atom. The third-order valence-corrected chi connectivity index (χ3v) is 3.83. The SMILES string of the molecule is FC(F)(F)c1nnc2ccc(Nc3ccc4c(c3)CCCN4)nn12. The van der Waals surface area contributed by atoms with E-state index in [4.69, 9.17) is 0 Å². The topological polar surface area (TPSA) is 67.1 Å². The summed E-state index contributed by atoms with van der Waals surface area (Å²) in [5.74, 6) is -0.854. The predicted octanol–water partition coefficient (Wildman–Crippen LogP) is 3.24. The lowest BCUT2D eigenvalue weighted by atomic mass is 10.0. The normalized spacial score (nSPS) is 14.3. The van der Waals surface area contributed by atoms with Gasteiger partial charge in [-0.1, -0.05) is 0 Å². The second-order valence-electron chi connectivity index (χ2n) is 5.54. The molecule has 0 bridgehead atoms. The van der Waals surface area contributed by atoms with Gasteiger partial charge in [-0.25, -0.2) is 0 Å². The van der Waals surface area contributed by atoms with Crippen molar-refractivity contribution >= 4 is 22.8 Å². The van der Waals surface area contributed by atoms with E-state index in [0.717, 1.165) is 30.8 Å². The second kappa shape index (κ2) is 5.36. The van der Waals surface area contributed by atoms with Crippen molar-refractivity contribution in [3.8, 4) is 0 Å². The summed E-state index contributed by atoms with van der Waals surface area (Å²) in [6.07, 6.45) is -2.59. The Labute approximate surface area is 134 Å². The van der Waals surface area contributed by atoms with Crippen LogP contribution in [0.2, 0.25) is 0 Å². The van der Waals surface area contributed by atoms with Gasteiger partial charge in [0.05, 0.1) is 0 Å². The highest BCUT2D eigenvalue weighted by Gasteiger charge is 2.37. The highest BCUT2D eigenvalue weighted by atomic mass is 19.4. The Hall–Kier alpha value is -2.84. The summed E-state index contributed by atoms with van der Waals surface area (Å²) in [7, 11) is 0. The fourth-order valence-corrected chi connectivity index (χ4v) is 2.73. The van der Waals surface area contributed by atoms with E-state index < -0.39 is 12.0 Å². The average Bonchev–Trinajstić information content (AvgIpc) is 2.98. The molecule has 0 spiro atoms. The van der Waals surface area contributed by atoms with Gasteiger partial charge in [-0.05, 0) is 48.7 Å². The fourth-order valence-electron chi connectivity index (χ4n) is 2.73. The van der Waals surface area contributed by atoms with Gasteiger partial charge in [0, 0.05) is 17.9 Å². The number of benzene rings is 1. The molecule has 124 valence electrons. The number of anilines is 3. The molecule has 0 fully saturated rings. The first-order chi connectivity index (χ1) is 11.5. The molecule has 9 heteroatoms. The van der Waals surface area contributed by atoms with Crippen molar-refractivity contribution in [2.45, 2.75) is 19.0 Å². The molecule has 1 aliphatic rings. The van der Waals surface area contributed by atoms with Gasteiger partial charge in [-0.3, -0.25) is 0 Å². The molecular weight excluding hydrogens is 321 g/mol. The fraction of sp³-hybridized carbons (Fsp3) is 0.267. The van der Waals surface area contributed by atoms with Crippen molar-refractivity contribution in [3.05, 3.63) is 41.7 Å². The van der Waals surface area contributed by atoms with Crippen LogP contribution < -0.4 is 10.6 Å². The zero-order chi connectivity index (χ0) is 16.7. The number of aromatic nitrogens is 4. The number of aryl methyl sites for hydroxylation is 1. The molecule has 0 radical (unpaired) electrons. The minimum Gasteiger partial charge on any atom is -0.385 e. The largest absolute Gasteiger partial charge is 0.453 e. The van der Waals surface area contributed by atoms with E-state index >= 15 is 0 Å². The van der Waals surface area contributed by atoms with E-state index in [0.29, 0.717) is 4.52 Å². The minimum absolute atomic E-state index is 0.0440. The Morgan fingerprint density at radius 2 is 2.00 bits per heavy atom. The molecule has 24 heavy (non-hydrogen) atoms. The number of hydrogen-bond donors (Lipinski definition) is 2. The van der Waals surface area contributed by atoms with Crippen molar-refractivity contribution in [2.24, 2.45) is 0 Å². The zero-order valence-corrected chi connectivity index (χ0v) is 12.4. The number of nitrogens with zero attached hydrogens (tertiary/aromatic N) is 4. The Kier molecular flexibility index (Phi) is 3.29. The van der Waals surface area contributed by atoms with E-state index in [2.05, 4.69) is 25.9 Å². The Bertz CT molecular complexity index is 902. The van der Waals surface area contributed by atoms with Crippen LogP contribution in [0.15, 0.2) is 30.3 Å². The number of halogens is 3. The highest BCUT2D eigenvalue weighted by molar-refractivity contribution is 5.65. The van der Waals surface area contributed by atoms with Gasteiger partial charge in [-0.15, -0.1) is 15.3 Å². The van der Waals surface area contributed by atoms with E-state index in [1.54, 1.807) is 6.07 Å². The highest BCUT2D eigenvalue weighted by Crippen LogP contribution is 2.29. The van der Waals surface area contributed by atoms with Crippen LogP contribution in [0.3, 0.4) is 0 Å². The van der Waals surface area contributed by atoms with E-state index in [9.17, 15) is 13.2 Å². The van der Waals surface area contributed by atoms with Crippen molar-refractivity contribution in [3.63, 3.8) is 0 Å². The van der Waals surface area contributed by atoms with Gasteiger partial charge >= 0.3 is 6.18 Å². The molecule has 3 aromatic rings. The van der Waals surface area contributed by atoms with Crippen molar-refractivity contribution in [2.75, 3.05) is 17.2 Å². The molecule has 1 aromatic carbocycles. The molecule has 0 amide bonds. The predicted molar refractivity (Wildman–Crippen MR) is 82.3 cm³/mol. The molecular formula is C15H13F3N6. The molecule has 0 unspecified atom stereocenters. The van der Waals surface area contributed by atoms with Crippen molar-refractivity contribution in [1.29, 1.82) is 0 Å². The molecule has 2 N–H and O–H groups in total. The average molecular weight is 334 g/mol. The van der Waals surface area contributed by atoms with Crippen LogP contribution in [0.5, 0.6) is 0 Å². The van der Waals surface area contributed by atoms with Gasteiger partial charge in [0.2, 0.25) is 0 Å². The quantitative estimate of drug-likeness (QED) is 0.753. The molecule has 4 rings (SSSR count). The first-order valence-electron chi connectivity index (χ1n) is 7.44. The molecule has 0 aliphatic carbocycles. The van der Waals surface area contributed by atoms with Crippen LogP contribution in [-0.4, -0.2) is 26.4 Å². The molecule has 3 heterocycles. The molecule has 0 atom stereocenters. The first kappa shape index (κ1) is 14.7.